The van der Waals surface area contributed by atoms with Gasteiger partial charge in [0.15, 0.2) is 15.6 Å². The van der Waals surface area contributed by atoms with E-state index >= 15 is 0 Å². The lowest BCUT2D eigenvalue weighted by Crippen LogP contribution is -2.47. The lowest BCUT2D eigenvalue weighted by molar-refractivity contribution is -0.134. The fraction of sp³-hybridized carbons (Fsp3) is 0.667. The van der Waals surface area contributed by atoms with Crippen molar-refractivity contribution in [3.63, 3.8) is 0 Å². The summed E-state index contributed by atoms with van der Waals surface area (Å²) >= 11 is 0. The minimum absolute atomic E-state index is 0.254. The Labute approximate surface area is 117 Å². The minimum atomic E-state index is -3.61. The van der Waals surface area contributed by atoms with Gasteiger partial charge in [0.05, 0.1) is 18.9 Å². The normalized spacial score (nSPS) is 18.0. The molecule has 1 atom stereocenters. The predicted molar refractivity (Wildman–Crippen MR) is 70.7 cm³/mol. The first-order chi connectivity index (χ1) is 9.40. The van der Waals surface area contributed by atoms with E-state index < -0.39 is 15.1 Å². The van der Waals surface area contributed by atoms with E-state index in [-0.39, 0.29) is 17.4 Å². The van der Waals surface area contributed by atoms with Gasteiger partial charge in [-0.05, 0) is 13.8 Å². The first-order valence-electron chi connectivity index (χ1n) is 6.40. The van der Waals surface area contributed by atoms with Gasteiger partial charge in [-0.2, -0.15) is 0 Å². The van der Waals surface area contributed by atoms with E-state index in [9.17, 15) is 13.2 Å². The Morgan fingerprint density at radius 3 is 2.65 bits per heavy atom. The maximum atomic E-state index is 12.2. The molecular weight excluding hydrogens is 284 g/mol. The third kappa shape index (κ3) is 3.37. The number of hydrogen-bond acceptors (Lipinski definition) is 6. The molecule has 2 heterocycles. The van der Waals surface area contributed by atoms with Gasteiger partial charge in [0.1, 0.15) is 11.0 Å². The summed E-state index contributed by atoms with van der Waals surface area (Å²) in [5.74, 6) is -0.445. The third-order valence-electron chi connectivity index (χ3n) is 3.23. The van der Waals surface area contributed by atoms with Crippen molar-refractivity contribution < 1.29 is 22.5 Å². The van der Waals surface area contributed by atoms with Crippen LogP contribution in [0, 0.1) is 6.92 Å². The van der Waals surface area contributed by atoms with Crippen LogP contribution in [0.2, 0.25) is 0 Å². The molecule has 8 heteroatoms. The number of aryl methyl sites for hydroxylation is 1. The molecule has 1 amide bonds. The summed E-state index contributed by atoms with van der Waals surface area (Å²) in [5.41, 5.74) is 0.613. The molecule has 1 aromatic rings. The molecular formula is C12H18N2O5S. The van der Waals surface area contributed by atoms with Gasteiger partial charge in [-0.1, -0.05) is 5.16 Å². The molecule has 0 N–H and O–H groups in total. The maximum Gasteiger partial charge on any atom is 0.240 e. The highest BCUT2D eigenvalue weighted by Crippen LogP contribution is 2.15. The average Bonchev–Trinajstić information content (AvgIpc) is 2.82. The Bertz CT molecular complexity index is 574. The number of carbonyl (C=O) groups excluding carboxylic acids is 1. The quantitative estimate of drug-likeness (QED) is 0.786. The van der Waals surface area contributed by atoms with Crippen LogP contribution in [0.1, 0.15) is 18.4 Å². The van der Waals surface area contributed by atoms with E-state index in [1.54, 1.807) is 13.0 Å². The zero-order valence-corrected chi connectivity index (χ0v) is 12.4. The van der Waals surface area contributed by atoms with Crippen LogP contribution >= 0.6 is 0 Å². The summed E-state index contributed by atoms with van der Waals surface area (Å²) in [6.45, 7) is 4.87. The Morgan fingerprint density at radius 1 is 1.45 bits per heavy atom. The SMILES string of the molecule is Cc1cc(CS(=O)(=O)[C@@H](C)C(=O)N2CCOCC2)on1. The first-order valence-corrected chi connectivity index (χ1v) is 8.12. The summed E-state index contributed by atoms with van der Waals surface area (Å²) in [5, 5.41) is 2.55. The van der Waals surface area contributed by atoms with E-state index in [0.29, 0.717) is 32.0 Å². The third-order valence-corrected chi connectivity index (χ3v) is 5.20. The van der Waals surface area contributed by atoms with Crippen LogP contribution in [0.5, 0.6) is 0 Å². The molecule has 0 unspecified atom stereocenters. The Hall–Kier alpha value is -1.41. The Morgan fingerprint density at radius 2 is 2.10 bits per heavy atom. The number of ether oxygens (including phenoxy) is 1. The molecule has 0 aromatic carbocycles. The molecule has 1 fully saturated rings. The van der Waals surface area contributed by atoms with Crippen LogP contribution in [-0.2, 0) is 25.1 Å². The number of hydrogen-bond donors (Lipinski definition) is 0. The Kier molecular flexibility index (Phi) is 4.44. The predicted octanol–water partition coefficient (Wildman–Crippen LogP) is 0.145. The lowest BCUT2D eigenvalue weighted by atomic mass is 10.3. The summed E-state index contributed by atoms with van der Waals surface area (Å²) in [4.78, 5) is 13.7. The van der Waals surface area contributed by atoms with Crippen LogP contribution in [0.15, 0.2) is 10.6 Å². The van der Waals surface area contributed by atoms with Gasteiger partial charge in [0.2, 0.25) is 5.91 Å². The van der Waals surface area contributed by atoms with Crippen molar-refractivity contribution in [2.75, 3.05) is 26.3 Å². The highest BCUT2D eigenvalue weighted by atomic mass is 32.2. The maximum absolute atomic E-state index is 12.2. The number of aromatic nitrogens is 1. The second kappa shape index (κ2) is 5.92. The van der Waals surface area contributed by atoms with E-state index in [0.717, 1.165) is 0 Å². The lowest BCUT2D eigenvalue weighted by Gasteiger charge is -2.29. The number of sulfone groups is 1. The molecule has 20 heavy (non-hydrogen) atoms. The molecule has 1 aliphatic heterocycles. The second-order valence-corrected chi connectivity index (χ2v) is 7.14. The molecule has 0 bridgehead atoms. The van der Waals surface area contributed by atoms with Crippen molar-refractivity contribution in [3.8, 4) is 0 Å². The second-order valence-electron chi connectivity index (χ2n) is 4.82. The Balaban J connectivity index is 2.06. The van der Waals surface area contributed by atoms with Crippen molar-refractivity contribution >= 4 is 15.7 Å². The molecule has 1 aromatic heterocycles. The summed E-state index contributed by atoms with van der Waals surface area (Å²) < 4.78 is 34.5. The van der Waals surface area contributed by atoms with Gasteiger partial charge < -0.3 is 14.2 Å². The van der Waals surface area contributed by atoms with Crippen molar-refractivity contribution in [2.24, 2.45) is 0 Å². The van der Waals surface area contributed by atoms with Gasteiger partial charge in [-0.3, -0.25) is 4.79 Å². The monoisotopic (exact) mass is 302 g/mol. The van der Waals surface area contributed by atoms with Gasteiger partial charge >= 0.3 is 0 Å². The molecule has 1 aliphatic rings. The van der Waals surface area contributed by atoms with E-state index in [1.807, 2.05) is 0 Å². The zero-order valence-electron chi connectivity index (χ0n) is 11.5. The molecule has 112 valence electrons. The van der Waals surface area contributed by atoms with Gasteiger partial charge in [0, 0.05) is 19.2 Å². The van der Waals surface area contributed by atoms with Crippen molar-refractivity contribution in [2.45, 2.75) is 24.9 Å². The standard InChI is InChI=1S/C12H18N2O5S/c1-9-7-11(19-13-9)8-20(16,17)10(2)12(15)14-3-5-18-6-4-14/h7,10H,3-6,8H2,1-2H3/t10-/m0/s1. The molecule has 2 rings (SSSR count). The smallest absolute Gasteiger partial charge is 0.240 e. The summed E-state index contributed by atoms with van der Waals surface area (Å²) in [7, 11) is -3.61. The molecule has 0 spiro atoms. The number of rotatable bonds is 4. The highest BCUT2D eigenvalue weighted by molar-refractivity contribution is 7.92. The van der Waals surface area contributed by atoms with E-state index in [4.69, 9.17) is 9.26 Å². The largest absolute Gasteiger partial charge is 0.378 e. The zero-order chi connectivity index (χ0) is 14.8. The van der Waals surface area contributed by atoms with E-state index in [1.165, 1.54) is 11.8 Å². The fourth-order valence-corrected chi connectivity index (χ4v) is 3.24. The first kappa shape index (κ1) is 15.0. The fourth-order valence-electron chi connectivity index (χ4n) is 2.00. The van der Waals surface area contributed by atoms with E-state index in [2.05, 4.69) is 5.16 Å². The minimum Gasteiger partial charge on any atom is -0.378 e. The number of carbonyl (C=O) groups is 1. The average molecular weight is 302 g/mol. The number of nitrogens with zero attached hydrogens (tertiary/aromatic N) is 2. The molecule has 0 saturated carbocycles. The van der Waals surface area contributed by atoms with Crippen molar-refractivity contribution in [3.05, 3.63) is 17.5 Å². The summed E-state index contributed by atoms with van der Waals surface area (Å²) in [6, 6.07) is 1.56. The highest BCUT2D eigenvalue weighted by Gasteiger charge is 2.33. The van der Waals surface area contributed by atoms with Crippen LogP contribution in [0.3, 0.4) is 0 Å². The van der Waals surface area contributed by atoms with Gasteiger partial charge in [-0.25, -0.2) is 8.42 Å². The van der Waals surface area contributed by atoms with Crippen LogP contribution < -0.4 is 0 Å². The molecule has 7 nitrogen and oxygen atoms in total. The number of morpholine rings is 1. The molecule has 0 radical (unpaired) electrons. The topological polar surface area (TPSA) is 89.7 Å². The van der Waals surface area contributed by atoms with Gasteiger partial charge in [-0.15, -0.1) is 0 Å². The number of amides is 1. The molecule has 1 saturated heterocycles. The van der Waals surface area contributed by atoms with Crippen LogP contribution in [-0.4, -0.2) is 55.9 Å². The molecule has 0 aliphatic carbocycles. The van der Waals surface area contributed by atoms with Crippen LogP contribution in [0.4, 0.5) is 0 Å². The summed E-state index contributed by atoms with van der Waals surface area (Å²) in [6.07, 6.45) is 0. The van der Waals surface area contributed by atoms with Crippen molar-refractivity contribution in [1.82, 2.24) is 10.1 Å². The van der Waals surface area contributed by atoms with Crippen LogP contribution in [0.25, 0.3) is 0 Å². The van der Waals surface area contributed by atoms with Gasteiger partial charge in [0.25, 0.3) is 0 Å². The van der Waals surface area contributed by atoms with Crippen molar-refractivity contribution in [1.29, 1.82) is 0 Å².